The largest absolute Gasteiger partial charge is 0.465 e. The van der Waals surface area contributed by atoms with Crippen LogP contribution in [-0.4, -0.2) is 32.6 Å². The summed E-state index contributed by atoms with van der Waals surface area (Å²) in [5.74, 6) is 0. The van der Waals surface area contributed by atoms with Crippen LogP contribution in [0.3, 0.4) is 0 Å². The third-order valence-electron chi connectivity index (χ3n) is 3.25. The van der Waals surface area contributed by atoms with Crippen LogP contribution in [0.2, 0.25) is 0 Å². The number of hydrogen-bond acceptors (Lipinski definition) is 3. The lowest BCUT2D eigenvalue weighted by Crippen LogP contribution is -2.35. The average molecular weight is 255 g/mol. The summed E-state index contributed by atoms with van der Waals surface area (Å²) in [5, 5.41) is 8.99. The fourth-order valence-electron chi connectivity index (χ4n) is 2.24. The second kappa shape index (κ2) is 4.68. The zero-order valence-corrected chi connectivity index (χ0v) is 10.3. The Labute approximate surface area is 110 Å². The predicted molar refractivity (Wildman–Crippen MR) is 69.6 cm³/mol. The van der Waals surface area contributed by atoms with Crippen molar-refractivity contribution in [3.05, 3.63) is 47.8 Å². The normalized spacial score (nSPS) is 14.0. The standard InChI is InChI=1S/C14H13N3O2/c18-14(19)17-8-6-11-10(9-17)4-5-13(16-11)12-3-1-2-7-15-12/h1-5,7H,6,8-9H2,(H,18,19). The van der Waals surface area contributed by atoms with E-state index in [0.29, 0.717) is 19.5 Å². The van der Waals surface area contributed by atoms with Crippen LogP contribution in [0.4, 0.5) is 4.79 Å². The van der Waals surface area contributed by atoms with Gasteiger partial charge in [0, 0.05) is 24.9 Å². The Bertz CT molecular complexity index is 613. The van der Waals surface area contributed by atoms with Crippen LogP contribution < -0.4 is 0 Å². The topological polar surface area (TPSA) is 66.3 Å². The quantitative estimate of drug-likeness (QED) is 0.848. The number of carbonyl (C=O) groups is 1. The van der Waals surface area contributed by atoms with E-state index in [-0.39, 0.29) is 0 Å². The number of hydrogen-bond donors (Lipinski definition) is 1. The summed E-state index contributed by atoms with van der Waals surface area (Å²) in [6, 6.07) is 9.55. The predicted octanol–water partition coefficient (Wildman–Crippen LogP) is 2.18. The van der Waals surface area contributed by atoms with Crippen LogP contribution in [0.15, 0.2) is 36.5 Å². The molecule has 3 heterocycles. The Hall–Kier alpha value is -2.43. The average Bonchev–Trinajstić information content (AvgIpc) is 2.47. The molecule has 2 aromatic rings. The Kier molecular flexibility index (Phi) is 2.87. The smallest absolute Gasteiger partial charge is 0.407 e. The monoisotopic (exact) mass is 255 g/mol. The molecular formula is C14H13N3O2. The highest BCUT2D eigenvalue weighted by Gasteiger charge is 2.21. The third-order valence-corrected chi connectivity index (χ3v) is 3.25. The molecule has 0 radical (unpaired) electrons. The summed E-state index contributed by atoms with van der Waals surface area (Å²) in [6.45, 7) is 0.918. The first-order chi connectivity index (χ1) is 9.24. The van der Waals surface area contributed by atoms with E-state index in [1.807, 2.05) is 30.3 Å². The van der Waals surface area contributed by atoms with Gasteiger partial charge in [0.05, 0.1) is 17.9 Å². The van der Waals surface area contributed by atoms with E-state index in [0.717, 1.165) is 22.6 Å². The van der Waals surface area contributed by atoms with Gasteiger partial charge in [0.1, 0.15) is 0 Å². The van der Waals surface area contributed by atoms with E-state index in [4.69, 9.17) is 5.11 Å². The summed E-state index contributed by atoms with van der Waals surface area (Å²) in [6.07, 6.45) is 1.52. The molecule has 0 spiro atoms. The molecule has 1 amide bonds. The van der Waals surface area contributed by atoms with Crippen molar-refractivity contribution < 1.29 is 9.90 Å². The molecular weight excluding hydrogens is 242 g/mol. The van der Waals surface area contributed by atoms with Crippen molar-refractivity contribution >= 4 is 6.09 Å². The summed E-state index contributed by atoms with van der Waals surface area (Å²) >= 11 is 0. The highest BCUT2D eigenvalue weighted by atomic mass is 16.4. The van der Waals surface area contributed by atoms with Gasteiger partial charge in [-0.1, -0.05) is 12.1 Å². The lowest BCUT2D eigenvalue weighted by Gasteiger charge is -2.25. The van der Waals surface area contributed by atoms with Crippen molar-refractivity contribution in [3.63, 3.8) is 0 Å². The number of carboxylic acid groups (broad SMARTS) is 1. The molecule has 0 atom stereocenters. The molecule has 1 N–H and O–H groups in total. The molecule has 1 aliphatic heterocycles. The number of rotatable bonds is 1. The number of amides is 1. The molecule has 96 valence electrons. The first-order valence-electron chi connectivity index (χ1n) is 6.12. The second-order valence-electron chi connectivity index (χ2n) is 4.47. The molecule has 0 fully saturated rings. The van der Waals surface area contributed by atoms with Gasteiger partial charge >= 0.3 is 6.09 Å². The van der Waals surface area contributed by atoms with Crippen molar-refractivity contribution in [2.45, 2.75) is 13.0 Å². The van der Waals surface area contributed by atoms with E-state index in [1.165, 1.54) is 4.90 Å². The van der Waals surface area contributed by atoms with Crippen molar-refractivity contribution in [1.29, 1.82) is 0 Å². The number of aromatic nitrogens is 2. The van der Waals surface area contributed by atoms with Crippen LogP contribution in [0, 0.1) is 0 Å². The van der Waals surface area contributed by atoms with Crippen LogP contribution in [0.1, 0.15) is 11.3 Å². The Morgan fingerprint density at radius 3 is 2.84 bits per heavy atom. The Balaban J connectivity index is 1.92. The van der Waals surface area contributed by atoms with E-state index in [9.17, 15) is 4.79 Å². The molecule has 0 bridgehead atoms. The number of fused-ring (bicyclic) bond motifs is 1. The van der Waals surface area contributed by atoms with Crippen LogP contribution in [0.5, 0.6) is 0 Å². The maximum absolute atomic E-state index is 10.9. The molecule has 0 aliphatic carbocycles. The van der Waals surface area contributed by atoms with Crippen LogP contribution in [-0.2, 0) is 13.0 Å². The van der Waals surface area contributed by atoms with Crippen molar-refractivity contribution in [2.75, 3.05) is 6.54 Å². The first-order valence-corrected chi connectivity index (χ1v) is 6.12. The SMILES string of the molecule is O=C(O)N1CCc2nc(-c3ccccn3)ccc2C1. The van der Waals surface area contributed by atoms with Gasteiger partial charge in [-0.2, -0.15) is 0 Å². The fraction of sp³-hybridized carbons (Fsp3) is 0.214. The maximum atomic E-state index is 10.9. The third kappa shape index (κ3) is 2.27. The molecule has 5 heteroatoms. The minimum atomic E-state index is -0.876. The summed E-state index contributed by atoms with van der Waals surface area (Å²) < 4.78 is 0. The zero-order chi connectivity index (χ0) is 13.2. The minimum absolute atomic E-state index is 0.417. The minimum Gasteiger partial charge on any atom is -0.465 e. The fourth-order valence-corrected chi connectivity index (χ4v) is 2.24. The molecule has 5 nitrogen and oxygen atoms in total. The zero-order valence-electron chi connectivity index (χ0n) is 10.3. The molecule has 0 saturated carbocycles. The van der Waals surface area contributed by atoms with Gasteiger partial charge < -0.3 is 10.0 Å². The molecule has 0 unspecified atom stereocenters. The van der Waals surface area contributed by atoms with E-state index in [2.05, 4.69) is 9.97 Å². The first kappa shape index (κ1) is 11.6. The van der Waals surface area contributed by atoms with Gasteiger partial charge in [-0.3, -0.25) is 9.97 Å². The molecule has 0 saturated heterocycles. The van der Waals surface area contributed by atoms with Crippen LogP contribution in [0.25, 0.3) is 11.4 Å². The molecule has 3 rings (SSSR count). The molecule has 19 heavy (non-hydrogen) atoms. The van der Waals surface area contributed by atoms with Crippen molar-refractivity contribution in [1.82, 2.24) is 14.9 Å². The molecule has 0 aromatic carbocycles. The van der Waals surface area contributed by atoms with Gasteiger partial charge in [0.2, 0.25) is 0 Å². The number of pyridine rings is 2. The van der Waals surface area contributed by atoms with Crippen molar-refractivity contribution in [3.8, 4) is 11.4 Å². The van der Waals surface area contributed by atoms with Crippen LogP contribution >= 0.6 is 0 Å². The summed E-state index contributed by atoms with van der Waals surface area (Å²) in [4.78, 5) is 21.2. The molecule has 1 aliphatic rings. The van der Waals surface area contributed by atoms with Gasteiger partial charge in [-0.25, -0.2) is 4.79 Å². The highest BCUT2D eigenvalue weighted by Crippen LogP contribution is 2.21. The lowest BCUT2D eigenvalue weighted by atomic mass is 10.0. The summed E-state index contributed by atoms with van der Waals surface area (Å²) in [7, 11) is 0. The van der Waals surface area contributed by atoms with E-state index < -0.39 is 6.09 Å². The van der Waals surface area contributed by atoms with E-state index in [1.54, 1.807) is 6.20 Å². The van der Waals surface area contributed by atoms with Gasteiger partial charge in [-0.15, -0.1) is 0 Å². The Morgan fingerprint density at radius 1 is 1.21 bits per heavy atom. The van der Waals surface area contributed by atoms with Gasteiger partial charge in [-0.05, 0) is 23.8 Å². The number of nitrogens with zero attached hydrogens (tertiary/aromatic N) is 3. The second-order valence-corrected chi connectivity index (χ2v) is 4.47. The lowest BCUT2D eigenvalue weighted by molar-refractivity contribution is 0.139. The summed E-state index contributed by atoms with van der Waals surface area (Å²) in [5.41, 5.74) is 3.63. The molecule has 2 aromatic heterocycles. The Morgan fingerprint density at radius 2 is 2.11 bits per heavy atom. The van der Waals surface area contributed by atoms with Gasteiger partial charge in [0.25, 0.3) is 0 Å². The highest BCUT2D eigenvalue weighted by molar-refractivity contribution is 5.65. The maximum Gasteiger partial charge on any atom is 0.407 e. The van der Waals surface area contributed by atoms with E-state index >= 15 is 0 Å². The van der Waals surface area contributed by atoms with Gasteiger partial charge in [0.15, 0.2) is 0 Å². The van der Waals surface area contributed by atoms with Crippen molar-refractivity contribution in [2.24, 2.45) is 0 Å².